The first-order valence-electron chi connectivity index (χ1n) is 8.07. The summed E-state index contributed by atoms with van der Waals surface area (Å²) in [6.45, 7) is 2.16. The van der Waals surface area contributed by atoms with Crippen molar-refractivity contribution in [1.29, 1.82) is 0 Å². The Morgan fingerprint density at radius 1 is 1.31 bits per heavy atom. The van der Waals surface area contributed by atoms with Crippen molar-refractivity contribution in [3.05, 3.63) is 29.5 Å². The molecule has 2 aliphatic heterocycles. The molecule has 1 aromatic carbocycles. The van der Waals surface area contributed by atoms with Crippen LogP contribution in [0.5, 0.6) is 11.5 Å². The van der Waals surface area contributed by atoms with Crippen LogP contribution in [0.2, 0.25) is 0 Å². The van der Waals surface area contributed by atoms with Crippen molar-refractivity contribution in [2.24, 2.45) is 0 Å². The maximum atomic E-state index is 12.2. The highest BCUT2D eigenvalue weighted by molar-refractivity contribution is 7.80. The molecule has 2 aliphatic rings. The molecule has 1 aromatic rings. The zero-order valence-corrected chi connectivity index (χ0v) is 15.1. The summed E-state index contributed by atoms with van der Waals surface area (Å²) in [5.41, 5.74) is 1.09. The van der Waals surface area contributed by atoms with Gasteiger partial charge in [0.15, 0.2) is 23.2 Å². The molecule has 0 aliphatic carbocycles. The maximum Gasteiger partial charge on any atom is 0.273 e. The molecule has 26 heavy (non-hydrogen) atoms. The molecule has 2 heterocycles. The number of hydrogen-bond donors (Lipinski definition) is 2. The van der Waals surface area contributed by atoms with E-state index in [1.54, 1.807) is 29.2 Å². The van der Waals surface area contributed by atoms with Crippen molar-refractivity contribution < 1.29 is 23.8 Å². The number of benzene rings is 1. The molecule has 2 saturated heterocycles. The Labute approximate surface area is 156 Å². The highest BCUT2D eigenvalue weighted by Gasteiger charge is 2.21. The van der Waals surface area contributed by atoms with E-state index < -0.39 is 0 Å². The number of methoxy groups -OCH3 is 1. The van der Waals surface area contributed by atoms with E-state index in [4.69, 9.17) is 26.4 Å². The molecule has 0 radical (unpaired) electrons. The van der Waals surface area contributed by atoms with Gasteiger partial charge < -0.3 is 24.4 Å². The number of morpholine rings is 1. The van der Waals surface area contributed by atoms with Crippen LogP contribution in [0, 0.1) is 0 Å². The maximum absolute atomic E-state index is 12.2. The number of rotatable bonds is 5. The van der Waals surface area contributed by atoms with Crippen LogP contribution < -0.4 is 20.1 Å². The standard InChI is InChI=1S/C17H19N3O5S/c1-23-14-9-11(8-12-16(22)19-17(26)18-12)2-3-13(14)25-10-15(21)20-4-6-24-7-5-20/h2-3,8-9H,4-7,10H2,1H3,(H2,18,19,22,26)/b12-8-. The second-order valence-corrected chi connectivity index (χ2v) is 6.07. The fraction of sp³-hybridized carbons (Fsp3) is 0.353. The Morgan fingerprint density at radius 3 is 2.73 bits per heavy atom. The number of carbonyl (C=O) groups is 2. The molecule has 8 nitrogen and oxygen atoms in total. The molecule has 2 amide bonds. The van der Waals surface area contributed by atoms with Crippen molar-refractivity contribution >= 4 is 35.2 Å². The Bertz CT molecular complexity index is 759. The van der Waals surface area contributed by atoms with Crippen LogP contribution in [-0.4, -0.2) is 61.8 Å². The van der Waals surface area contributed by atoms with E-state index in [-0.39, 0.29) is 23.5 Å². The van der Waals surface area contributed by atoms with Crippen LogP contribution >= 0.6 is 12.2 Å². The predicted molar refractivity (Wildman–Crippen MR) is 97.7 cm³/mol. The summed E-state index contributed by atoms with van der Waals surface area (Å²) >= 11 is 4.90. The number of nitrogens with one attached hydrogen (secondary N) is 2. The van der Waals surface area contributed by atoms with Gasteiger partial charge in [0.2, 0.25) is 0 Å². The molecule has 3 rings (SSSR count). The summed E-state index contributed by atoms with van der Waals surface area (Å²) < 4.78 is 16.2. The van der Waals surface area contributed by atoms with Crippen LogP contribution in [0.1, 0.15) is 5.56 Å². The molecule has 0 saturated carbocycles. The molecule has 0 bridgehead atoms. The molecule has 138 valence electrons. The molecule has 2 N–H and O–H groups in total. The van der Waals surface area contributed by atoms with E-state index in [1.807, 2.05) is 0 Å². The van der Waals surface area contributed by atoms with Crippen molar-refractivity contribution in [2.45, 2.75) is 0 Å². The second-order valence-electron chi connectivity index (χ2n) is 5.66. The minimum Gasteiger partial charge on any atom is -0.493 e. The minimum absolute atomic E-state index is 0.0744. The summed E-state index contributed by atoms with van der Waals surface area (Å²) in [6, 6.07) is 5.18. The third-order valence-electron chi connectivity index (χ3n) is 3.93. The highest BCUT2D eigenvalue weighted by atomic mass is 32.1. The summed E-state index contributed by atoms with van der Waals surface area (Å²) in [7, 11) is 1.51. The van der Waals surface area contributed by atoms with Crippen LogP contribution in [0.25, 0.3) is 6.08 Å². The van der Waals surface area contributed by atoms with Crippen molar-refractivity contribution in [2.75, 3.05) is 40.0 Å². The number of amides is 2. The summed E-state index contributed by atoms with van der Waals surface area (Å²) in [5.74, 6) is 0.540. The number of thiocarbonyl (C=S) groups is 1. The Hall–Kier alpha value is -2.65. The van der Waals surface area contributed by atoms with E-state index >= 15 is 0 Å². The van der Waals surface area contributed by atoms with Gasteiger partial charge in [-0.05, 0) is 36.0 Å². The zero-order valence-electron chi connectivity index (χ0n) is 14.2. The topological polar surface area (TPSA) is 89.1 Å². The Balaban J connectivity index is 1.67. The lowest BCUT2D eigenvalue weighted by atomic mass is 10.1. The van der Waals surface area contributed by atoms with Crippen LogP contribution in [0.4, 0.5) is 0 Å². The van der Waals surface area contributed by atoms with Gasteiger partial charge in [-0.3, -0.25) is 14.9 Å². The lowest BCUT2D eigenvalue weighted by Gasteiger charge is -2.26. The van der Waals surface area contributed by atoms with Crippen LogP contribution in [0.15, 0.2) is 23.9 Å². The molecular formula is C17H19N3O5S. The van der Waals surface area contributed by atoms with Crippen molar-refractivity contribution in [3.8, 4) is 11.5 Å². The quantitative estimate of drug-likeness (QED) is 0.563. The van der Waals surface area contributed by atoms with Crippen molar-refractivity contribution in [1.82, 2.24) is 15.5 Å². The lowest BCUT2D eigenvalue weighted by molar-refractivity contribution is -0.137. The first-order chi connectivity index (χ1) is 12.6. The minimum atomic E-state index is -0.287. The van der Waals surface area contributed by atoms with E-state index in [1.165, 1.54) is 7.11 Å². The fourth-order valence-corrected chi connectivity index (χ4v) is 2.79. The van der Waals surface area contributed by atoms with E-state index in [2.05, 4.69) is 10.6 Å². The van der Waals surface area contributed by atoms with Crippen molar-refractivity contribution in [3.63, 3.8) is 0 Å². The van der Waals surface area contributed by atoms with Gasteiger partial charge in [-0.1, -0.05) is 6.07 Å². The molecule has 9 heteroatoms. The smallest absolute Gasteiger partial charge is 0.273 e. The largest absolute Gasteiger partial charge is 0.493 e. The summed E-state index contributed by atoms with van der Waals surface area (Å²) in [5, 5.41) is 5.55. The molecular weight excluding hydrogens is 358 g/mol. The van der Waals surface area contributed by atoms with Gasteiger partial charge in [0.25, 0.3) is 11.8 Å². The first-order valence-corrected chi connectivity index (χ1v) is 8.48. The normalized spacial score (nSPS) is 18.5. The number of ether oxygens (including phenoxy) is 3. The number of nitrogens with zero attached hydrogens (tertiary/aromatic N) is 1. The van der Waals surface area contributed by atoms with Gasteiger partial charge in [-0.25, -0.2) is 0 Å². The summed E-state index contributed by atoms with van der Waals surface area (Å²) in [6.07, 6.45) is 1.65. The monoisotopic (exact) mass is 377 g/mol. The predicted octanol–water partition coefficient (Wildman–Crippen LogP) is 0.278. The molecule has 0 aromatic heterocycles. The van der Waals surface area contributed by atoms with Crippen LogP contribution in [-0.2, 0) is 14.3 Å². The zero-order chi connectivity index (χ0) is 18.5. The molecule has 2 fully saturated rings. The third-order valence-corrected chi connectivity index (χ3v) is 4.14. The van der Waals surface area contributed by atoms with Gasteiger partial charge in [0.05, 0.1) is 20.3 Å². The van der Waals surface area contributed by atoms with Gasteiger partial charge in [-0.2, -0.15) is 0 Å². The third kappa shape index (κ3) is 4.30. The molecule has 0 spiro atoms. The van der Waals surface area contributed by atoms with Crippen LogP contribution in [0.3, 0.4) is 0 Å². The van der Waals surface area contributed by atoms with Gasteiger partial charge >= 0.3 is 0 Å². The SMILES string of the molecule is COc1cc(/C=C2\NC(=S)NC2=O)ccc1OCC(=O)N1CCOCC1. The number of carbonyl (C=O) groups excluding carboxylic acids is 2. The first kappa shape index (κ1) is 18.2. The Morgan fingerprint density at radius 2 is 2.08 bits per heavy atom. The average Bonchev–Trinajstić information content (AvgIpc) is 2.97. The second kappa shape index (κ2) is 8.15. The van der Waals surface area contributed by atoms with E-state index in [0.717, 1.165) is 5.56 Å². The average molecular weight is 377 g/mol. The van der Waals surface area contributed by atoms with Gasteiger partial charge in [0.1, 0.15) is 5.70 Å². The van der Waals surface area contributed by atoms with E-state index in [9.17, 15) is 9.59 Å². The summed E-state index contributed by atoms with van der Waals surface area (Å²) in [4.78, 5) is 25.6. The Kier molecular flexibility index (Phi) is 5.69. The lowest BCUT2D eigenvalue weighted by Crippen LogP contribution is -2.43. The van der Waals surface area contributed by atoms with Gasteiger partial charge in [-0.15, -0.1) is 0 Å². The van der Waals surface area contributed by atoms with E-state index in [0.29, 0.717) is 43.5 Å². The highest BCUT2D eigenvalue weighted by Crippen LogP contribution is 2.29. The fourth-order valence-electron chi connectivity index (χ4n) is 2.59. The van der Waals surface area contributed by atoms with Gasteiger partial charge in [0, 0.05) is 13.1 Å². The molecule has 0 atom stereocenters. The molecule has 0 unspecified atom stereocenters. The number of hydrogen-bond acceptors (Lipinski definition) is 6.